The van der Waals surface area contributed by atoms with Crippen LogP contribution in [0.25, 0.3) is 10.9 Å². The van der Waals surface area contributed by atoms with Crippen LogP contribution < -0.4 is 5.46 Å². The Hall–Kier alpha value is -1.82. The number of H-pyrrole nitrogens is 1. The van der Waals surface area contributed by atoms with Crippen molar-refractivity contribution < 1.29 is 13.7 Å². The molecule has 3 rings (SSSR count). The Morgan fingerprint density at radius 3 is 2.89 bits per heavy atom. The minimum atomic E-state index is -0.650. The van der Waals surface area contributed by atoms with Crippen molar-refractivity contribution in [1.29, 1.82) is 0 Å². The number of rotatable bonds is 1. The fourth-order valence-electron chi connectivity index (χ4n) is 1.99. The van der Waals surface area contributed by atoms with Crippen LogP contribution in [0.1, 0.15) is 13.8 Å². The first-order valence-corrected chi connectivity index (χ1v) is 5.64. The highest BCUT2D eigenvalue weighted by Gasteiger charge is 2.43. The van der Waals surface area contributed by atoms with Crippen LogP contribution in [0.4, 0.5) is 4.39 Å². The largest absolute Gasteiger partial charge is 0.564 e. The molecule has 4 nitrogen and oxygen atoms in total. The summed E-state index contributed by atoms with van der Waals surface area (Å²) >= 11 is 0. The van der Waals surface area contributed by atoms with E-state index in [1.54, 1.807) is 6.20 Å². The summed E-state index contributed by atoms with van der Waals surface area (Å²) in [6, 6.07) is 2.79. The molecule has 1 aliphatic rings. The number of halogens is 1. The molecule has 2 aromatic rings. The number of fused-ring (bicyclic) bond motifs is 1. The molecule has 1 saturated heterocycles. The molecule has 2 heterocycles. The first-order valence-electron chi connectivity index (χ1n) is 5.64. The lowest BCUT2D eigenvalue weighted by atomic mass is 9.77. The van der Waals surface area contributed by atoms with Gasteiger partial charge in [0.2, 0.25) is 0 Å². The number of nitrogens with one attached hydrogen (secondary N) is 1. The Labute approximate surface area is 104 Å². The molecule has 6 heteroatoms. The molecule has 1 aromatic heterocycles. The van der Waals surface area contributed by atoms with E-state index in [9.17, 15) is 4.39 Å². The average molecular weight is 246 g/mol. The summed E-state index contributed by atoms with van der Waals surface area (Å²) in [4.78, 5) is 0. The average Bonchev–Trinajstić information content (AvgIpc) is 2.83. The highest BCUT2D eigenvalue weighted by atomic mass is 19.1. The molecule has 1 N–H and O–H groups in total. The predicted molar refractivity (Wildman–Crippen MR) is 66.8 cm³/mol. The normalized spacial score (nSPS) is 18.4. The second-order valence-corrected chi connectivity index (χ2v) is 4.83. The van der Waals surface area contributed by atoms with Crippen LogP contribution in [0.3, 0.4) is 0 Å². The molecular weight excluding hydrogens is 234 g/mol. The fraction of sp³-hybridized carbons (Fsp3) is 0.250. The first kappa shape index (κ1) is 11.3. The van der Waals surface area contributed by atoms with Crippen LogP contribution in [0.2, 0.25) is 0 Å². The molecule has 0 radical (unpaired) electrons. The minimum Gasteiger partial charge on any atom is -0.534 e. The second-order valence-electron chi connectivity index (χ2n) is 4.83. The van der Waals surface area contributed by atoms with Gasteiger partial charge in [0.1, 0.15) is 11.4 Å². The SMILES string of the molecule is C=C1OB(c2cc(F)cc3[nH]ncc23)OC1(C)C. The summed E-state index contributed by atoms with van der Waals surface area (Å²) in [5.74, 6) is 0.178. The Bertz CT molecular complexity index is 638. The molecule has 18 heavy (non-hydrogen) atoms. The van der Waals surface area contributed by atoms with Gasteiger partial charge < -0.3 is 9.31 Å². The van der Waals surface area contributed by atoms with Gasteiger partial charge in [0, 0.05) is 10.8 Å². The molecule has 92 valence electrons. The lowest BCUT2D eigenvalue weighted by molar-refractivity contribution is 0.173. The highest BCUT2D eigenvalue weighted by molar-refractivity contribution is 6.65. The molecule has 0 aliphatic carbocycles. The topological polar surface area (TPSA) is 47.1 Å². The number of benzene rings is 1. The maximum Gasteiger partial charge on any atom is 0.564 e. The predicted octanol–water partition coefficient (Wildman–Crippen LogP) is 1.74. The minimum absolute atomic E-state index is 0.357. The smallest absolute Gasteiger partial charge is 0.534 e. The lowest BCUT2D eigenvalue weighted by Gasteiger charge is -2.15. The van der Waals surface area contributed by atoms with Gasteiger partial charge in [-0.2, -0.15) is 5.10 Å². The maximum absolute atomic E-state index is 13.5. The lowest BCUT2D eigenvalue weighted by Crippen LogP contribution is -2.35. The van der Waals surface area contributed by atoms with Crippen molar-refractivity contribution in [2.24, 2.45) is 0 Å². The van der Waals surface area contributed by atoms with Crippen LogP contribution in [-0.4, -0.2) is 22.9 Å². The van der Waals surface area contributed by atoms with E-state index in [2.05, 4.69) is 16.8 Å². The molecule has 1 aliphatic heterocycles. The standard InChI is InChI=1S/C12H12BFN2O2/c1-7-12(2,3)18-13(17-7)10-4-8(14)5-11-9(10)6-15-16-11/h4-6H,1H2,2-3H3,(H,15,16). The third-order valence-electron chi connectivity index (χ3n) is 3.13. The summed E-state index contributed by atoms with van der Waals surface area (Å²) in [5, 5.41) is 7.42. The van der Waals surface area contributed by atoms with Gasteiger partial charge in [-0.3, -0.25) is 5.10 Å². The summed E-state index contributed by atoms with van der Waals surface area (Å²) < 4.78 is 24.9. The number of hydrogen-bond acceptors (Lipinski definition) is 3. The number of aromatic nitrogens is 2. The second kappa shape index (κ2) is 3.59. The molecule has 1 aromatic carbocycles. The third-order valence-corrected chi connectivity index (χ3v) is 3.13. The summed E-state index contributed by atoms with van der Waals surface area (Å²) in [6.07, 6.45) is 1.63. The molecule has 0 unspecified atom stereocenters. The quantitative estimate of drug-likeness (QED) is 0.779. The Morgan fingerprint density at radius 2 is 2.22 bits per heavy atom. The van der Waals surface area contributed by atoms with E-state index in [1.807, 2.05) is 13.8 Å². The van der Waals surface area contributed by atoms with Gasteiger partial charge in [-0.25, -0.2) is 4.39 Å². The van der Waals surface area contributed by atoms with Crippen LogP contribution in [0.5, 0.6) is 0 Å². The monoisotopic (exact) mass is 246 g/mol. The Kier molecular flexibility index (Phi) is 2.25. The van der Waals surface area contributed by atoms with Gasteiger partial charge >= 0.3 is 7.12 Å². The zero-order chi connectivity index (χ0) is 12.9. The van der Waals surface area contributed by atoms with Crippen LogP contribution in [0.15, 0.2) is 30.7 Å². The van der Waals surface area contributed by atoms with Gasteiger partial charge in [0.05, 0.1) is 17.5 Å². The maximum atomic E-state index is 13.5. The van der Waals surface area contributed by atoms with E-state index in [1.165, 1.54) is 12.1 Å². The zero-order valence-corrected chi connectivity index (χ0v) is 10.2. The molecular formula is C12H12BFN2O2. The van der Waals surface area contributed by atoms with Gasteiger partial charge in [0.15, 0.2) is 0 Å². The van der Waals surface area contributed by atoms with Gasteiger partial charge in [-0.1, -0.05) is 6.58 Å². The van der Waals surface area contributed by atoms with Crippen molar-refractivity contribution in [3.05, 3.63) is 36.5 Å². The number of hydrogen-bond donors (Lipinski definition) is 1. The van der Waals surface area contributed by atoms with Crippen LogP contribution in [-0.2, 0) is 9.31 Å². The van der Waals surface area contributed by atoms with E-state index in [0.717, 1.165) is 5.39 Å². The molecule has 1 fully saturated rings. The van der Waals surface area contributed by atoms with E-state index < -0.39 is 12.7 Å². The third kappa shape index (κ3) is 1.61. The molecule has 0 saturated carbocycles. The fourth-order valence-corrected chi connectivity index (χ4v) is 1.99. The Morgan fingerprint density at radius 1 is 1.44 bits per heavy atom. The van der Waals surface area contributed by atoms with E-state index in [0.29, 0.717) is 16.7 Å². The first-order chi connectivity index (χ1) is 8.47. The molecule has 0 amide bonds. The number of aromatic amines is 1. The van der Waals surface area contributed by atoms with Gasteiger partial charge in [-0.15, -0.1) is 0 Å². The Balaban J connectivity index is 2.10. The van der Waals surface area contributed by atoms with Crippen molar-refractivity contribution >= 4 is 23.5 Å². The molecule has 0 atom stereocenters. The van der Waals surface area contributed by atoms with Crippen LogP contribution >= 0.6 is 0 Å². The van der Waals surface area contributed by atoms with Crippen molar-refractivity contribution in [3.63, 3.8) is 0 Å². The van der Waals surface area contributed by atoms with E-state index in [-0.39, 0.29) is 5.82 Å². The molecule has 0 bridgehead atoms. The van der Waals surface area contributed by atoms with Gasteiger partial charge in [-0.05, 0) is 26.0 Å². The summed E-state index contributed by atoms with van der Waals surface area (Å²) in [6.45, 7) is 7.53. The van der Waals surface area contributed by atoms with Crippen molar-refractivity contribution in [1.82, 2.24) is 10.2 Å². The van der Waals surface area contributed by atoms with Crippen molar-refractivity contribution in [2.75, 3.05) is 0 Å². The van der Waals surface area contributed by atoms with Crippen molar-refractivity contribution in [3.8, 4) is 0 Å². The van der Waals surface area contributed by atoms with E-state index >= 15 is 0 Å². The number of nitrogens with zero attached hydrogens (tertiary/aromatic N) is 1. The zero-order valence-electron chi connectivity index (χ0n) is 10.2. The van der Waals surface area contributed by atoms with E-state index in [4.69, 9.17) is 9.31 Å². The van der Waals surface area contributed by atoms with Gasteiger partial charge in [0.25, 0.3) is 0 Å². The summed E-state index contributed by atoms with van der Waals surface area (Å²) in [5.41, 5.74) is 0.658. The van der Waals surface area contributed by atoms with Crippen LogP contribution in [0, 0.1) is 5.82 Å². The molecule has 0 spiro atoms. The highest BCUT2D eigenvalue weighted by Crippen LogP contribution is 2.30. The van der Waals surface area contributed by atoms with Crippen molar-refractivity contribution in [2.45, 2.75) is 19.4 Å². The summed E-state index contributed by atoms with van der Waals surface area (Å²) in [7, 11) is -0.650.